The van der Waals surface area contributed by atoms with Crippen molar-refractivity contribution in [3.63, 3.8) is 0 Å². The summed E-state index contributed by atoms with van der Waals surface area (Å²) < 4.78 is 11.9. The summed E-state index contributed by atoms with van der Waals surface area (Å²) in [5.74, 6) is 1.93. The minimum atomic E-state index is 0.562. The molecule has 0 aliphatic carbocycles. The van der Waals surface area contributed by atoms with Crippen LogP contribution in [0.2, 0.25) is 0 Å². The summed E-state index contributed by atoms with van der Waals surface area (Å²) in [7, 11) is 0. The molecule has 0 bridgehead atoms. The molecular weight excluding hydrogens is 296 g/mol. The maximum atomic E-state index is 5.79. The first-order valence-corrected chi connectivity index (χ1v) is 6.29. The third kappa shape index (κ3) is 3.13. The molecule has 94 valence electrons. The van der Waals surface area contributed by atoms with Gasteiger partial charge in [0.15, 0.2) is 0 Å². The van der Waals surface area contributed by atoms with Gasteiger partial charge in [0.2, 0.25) is 0 Å². The molecule has 0 aliphatic heterocycles. The lowest BCUT2D eigenvalue weighted by atomic mass is 10.3. The first-order valence-electron chi connectivity index (χ1n) is 5.49. The minimum Gasteiger partial charge on any atom is -0.492 e. The van der Waals surface area contributed by atoms with E-state index in [2.05, 4.69) is 20.9 Å². The lowest BCUT2D eigenvalue weighted by molar-refractivity contribution is 0.340. The van der Waals surface area contributed by atoms with Crippen molar-refractivity contribution in [1.82, 2.24) is 4.98 Å². The Hall–Kier alpha value is -1.75. The molecule has 1 heterocycles. The molecule has 0 saturated heterocycles. The van der Waals surface area contributed by atoms with Crippen LogP contribution in [0.1, 0.15) is 6.92 Å². The van der Waals surface area contributed by atoms with Crippen molar-refractivity contribution in [2.75, 3.05) is 12.3 Å². The average Bonchev–Trinajstić information content (AvgIpc) is 2.34. The summed E-state index contributed by atoms with van der Waals surface area (Å²) in [6.45, 7) is 2.47. The van der Waals surface area contributed by atoms with Gasteiger partial charge in [0.1, 0.15) is 17.2 Å². The number of hydrogen-bond acceptors (Lipinski definition) is 4. The Labute approximate surface area is 114 Å². The van der Waals surface area contributed by atoms with Gasteiger partial charge in [-0.3, -0.25) is 4.98 Å². The Bertz CT molecular complexity index is 546. The summed E-state index contributed by atoms with van der Waals surface area (Å²) >= 11 is 3.34. The highest BCUT2D eigenvalue weighted by Crippen LogP contribution is 2.30. The molecule has 2 aromatic rings. The lowest BCUT2D eigenvalue weighted by Gasteiger charge is -2.10. The van der Waals surface area contributed by atoms with E-state index in [4.69, 9.17) is 15.2 Å². The van der Waals surface area contributed by atoms with Crippen molar-refractivity contribution < 1.29 is 9.47 Å². The van der Waals surface area contributed by atoms with Crippen LogP contribution in [0.5, 0.6) is 17.2 Å². The molecule has 0 saturated carbocycles. The Kier molecular flexibility index (Phi) is 4.04. The van der Waals surface area contributed by atoms with E-state index in [-0.39, 0.29) is 0 Å². The van der Waals surface area contributed by atoms with Gasteiger partial charge in [-0.25, -0.2) is 0 Å². The van der Waals surface area contributed by atoms with Crippen LogP contribution in [0, 0.1) is 0 Å². The highest BCUT2D eigenvalue weighted by atomic mass is 79.9. The topological polar surface area (TPSA) is 57.4 Å². The molecule has 0 radical (unpaired) electrons. The first kappa shape index (κ1) is 12.7. The molecule has 1 aromatic carbocycles. The third-order valence-corrected chi connectivity index (χ3v) is 2.63. The van der Waals surface area contributed by atoms with Gasteiger partial charge in [-0.2, -0.15) is 0 Å². The zero-order valence-electron chi connectivity index (χ0n) is 9.89. The van der Waals surface area contributed by atoms with Gasteiger partial charge >= 0.3 is 0 Å². The number of anilines is 1. The number of hydrogen-bond donors (Lipinski definition) is 1. The second-order valence-electron chi connectivity index (χ2n) is 3.57. The van der Waals surface area contributed by atoms with Crippen molar-refractivity contribution in [2.24, 2.45) is 0 Å². The highest BCUT2D eigenvalue weighted by Gasteiger charge is 2.04. The molecule has 0 unspecified atom stereocenters. The predicted octanol–water partition coefficient (Wildman–Crippen LogP) is 3.62. The number of aromatic nitrogens is 1. The molecule has 0 atom stereocenters. The standard InChI is InChI=1S/C13H13BrN2O2/c1-2-17-13-6-10(3-4-12(13)15)18-11-5-9(14)7-16-8-11/h3-8H,2,15H2,1H3. The summed E-state index contributed by atoms with van der Waals surface area (Å²) in [4.78, 5) is 4.03. The smallest absolute Gasteiger partial charge is 0.146 e. The number of halogens is 1. The van der Waals surface area contributed by atoms with E-state index >= 15 is 0 Å². The predicted molar refractivity (Wildman–Crippen MR) is 74.0 cm³/mol. The number of nitrogen functional groups attached to an aromatic ring is 1. The maximum absolute atomic E-state index is 5.79. The van der Waals surface area contributed by atoms with Crippen LogP contribution in [-0.4, -0.2) is 11.6 Å². The van der Waals surface area contributed by atoms with Crippen molar-refractivity contribution in [1.29, 1.82) is 0 Å². The summed E-state index contributed by atoms with van der Waals surface area (Å²) in [6.07, 6.45) is 3.34. The van der Waals surface area contributed by atoms with Gasteiger partial charge in [-0.1, -0.05) is 0 Å². The molecular formula is C13H13BrN2O2. The molecule has 2 N–H and O–H groups in total. The van der Waals surface area contributed by atoms with Crippen molar-refractivity contribution in [3.8, 4) is 17.2 Å². The van der Waals surface area contributed by atoms with Crippen molar-refractivity contribution in [2.45, 2.75) is 6.92 Å². The quantitative estimate of drug-likeness (QED) is 0.876. The second kappa shape index (κ2) is 5.73. The fourth-order valence-electron chi connectivity index (χ4n) is 1.44. The SMILES string of the molecule is CCOc1cc(Oc2cncc(Br)c2)ccc1N. The largest absolute Gasteiger partial charge is 0.492 e. The van der Waals surface area contributed by atoms with Crippen LogP contribution >= 0.6 is 15.9 Å². The van der Waals surface area contributed by atoms with E-state index in [9.17, 15) is 0 Å². The zero-order chi connectivity index (χ0) is 13.0. The molecule has 0 aliphatic rings. The molecule has 0 fully saturated rings. The van der Waals surface area contributed by atoms with Gasteiger partial charge < -0.3 is 15.2 Å². The summed E-state index contributed by atoms with van der Waals surface area (Å²) in [5.41, 5.74) is 6.39. The van der Waals surface area contributed by atoms with Crippen LogP contribution in [0.4, 0.5) is 5.69 Å². The lowest BCUT2D eigenvalue weighted by Crippen LogP contribution is -1.97. The van der Waals surface area contributed by atoms with E-state index in [1.165, 1.54) is 0 Å². The molecule has 2 rings (SSSR count). The summed E-state index contributed by atoms with van der Waals surface area (Å²) in [5, 5.41) is 0. The summed E-state index contributed by atoms with van der Waals surface area (Å²) in [6, 6.07) is 7.15. The zero-order valence-corrected chi connectivity index (χ0v) is 11.5. The monoisotopic (exact) mass is 308 g/mol. The van der Waals surface area contributed by atoms with Crippen LogP contribution in [0.3, 0.4) is 0 Å². The van der Waals surface area contributed by atoms with Crippen molar-refractivity contribution in [3.05, 3.63) is 41.1 Å². The highest BCUT2D eigenvalue weighted by molar-refractivity contribution is 9.10. The van der Waals surface area contributed by atoms with Gasteiger partial charge in [0, 0.05) is 16.7 Å². The fourth-order valence-corrected chi connectivity index (χ4v) is 1.79. The molecule has 0 spiro atoms. The number of nitrogens with zero attached hydrogens (tertiary/aromatic N) is 1. The van der Waals surface area contributed by atoms with E-state index < -0.39 is 0 Å². The Morgan fingerprint density at radius 3 is 2.78 bits per heavy atom. The Balaban J connectivity index is 2.21. The average molecular weight is 309 g/mol. The number of ether oxygens (including phenoxy) is 2. The van der Waals surface area contributed by atoms with E-state index in [0.29, 0.717) is 29.5 Å². The van der Waals surface area contributed by atoms with Crippen LogP contribution in [0.25, 0.3) is 0 Å². The van der Waals surface area contributed by atoms with Gasteiger partial charge in [0.05, 0.1) is 18.5 Å². The number of rotatable bonds is 4. The first-order chi connectivity index (χ1) is 8.69. The number of pyridine rings is 1. The molecule has 5 heteroatoms. The Morgan fingerprint density at radius 2 is 2.06 bits per heavy atom. The number of benzene rings is 1. The van der Waals surface area contributed by atoms with Crippen molar-refractivity contribution >= 4 is 21.6 Å². The number of nitrogens with two attached hydrogens (primary N) is 1. The molecule has 1 aromatic heterocycles. The maximum Gasteiger partial charge on any atom is 0.146 e. The van der Waals surface area contributed by atoms with E-state index in [1.807, 2.05) is 13.0 Å². The van der Waals surface area contributed by atoms with Gasteiger partial charge in [-0.15, -0.1) is 0 Å². The molecule has 0 amide bonds. The third-order valence-electron chi connectivity index (χ3n) is 2.20. The van der Waals surface area contributed by atoms with Crippen LogP contribution in [0.15, 0.2) is 41.1 Å². The van der Waals surface area contributed by atoms with Crippen LogP contribution < -0.4 is 15.2 Å². The molecule has 4 nitrogen and oxygen atoms in total. The van der Waals surface area contributed by atoms with Gasteiger partial charge in [-0.05, 0) is 41.1 Å². The van der Waals surface area contributed by atoms with Gasteiger partial charge in [0.25, 0.3) is 0 Å². The second-order valence-corrected chi connectivity index (χ2v) is 4.49. The van der Waals surface area contributed by atoms with E-state index in [1.54, 1.807) is 30.6 Å². The fraction of sp³-hybridized carbons (Fsp3) is 0.154. The van der Waals surface area contributed by atoms with Crippen LogP contribution in [-0.2, 0) is 0 Å². The van der Waals surface area contributed by atoms with E-state index in [0.717, 1.165) is 4.47 Å². The Morgan fingerprint density at radius 1 is 1.22 bits per heavy atom. The molecule has 18 heavy (non-hydrogen) atoms. The normalized spacial score (nSPS) is 10.1. The minimum absolute atomic E-state index is 0.562.